The Hall–Kier alpha value is -0.860. The Morgan fingerprint density at radius 1 is 1.19 bits per heavy atom. The summed E-state index contributed by atoms with van der Waals surface area (Å²) < 4.78 is 0. The summed E-state index contributed by atoms with van der Waals surface area (Å²) in [5.74, 6) is 0. The number of aliphatic hydroxyl groups excluding tert-OH is 1. The van der Waals surface area contributed by atoms with Gasteiger partial charge in [0.05, 0.1) is 6.10 Å². The summed E-state index contributed by atoms with van der Waals surface area (Å²) in [6.45, 7) is 10.9. The molecule has 3 N–H and O–H groups in total. The Balaban J connectivity index is 3.28. The lowest BCUT2D eigenvalue weighted by Gasteiger charge is -2.23. The van der Waals surface area contributed by atoms with Crippen LogP contribution < -0.4 is 5.73 Å². The minimum atomic E-state index is -0.547. The Kier molecular flexibility index (Phi) is 3.76. The molecule has 1 aromatic rings. The maximum Gasteiger partial charge on any atom is 0.0917 e. The van der Waals surface area contributed by atoms with Gasteiger partial charge in [-0.3, -0.25) is 0 Å². The van der Waals surface area contributed by atoms with E-state index in [-0.39, 0.29) is 12.0 Å². The molecule has 0 fully saturated rings. The molecular formula is C14H23NO. The van der Waals surface area contributed by atoms with Gasteiger partial charge in [-0.2, -0.15) is 0 Å². The van der Waals surface area contributed by atoms with Gasteiger partial charge in [-0.05, 0) is 41.5 Å². The van der Waals surface area contributed by atoms with E-state index in [9.17, 15) is 5.11 Å². The lowest BCUT2D eigenvalue weighted by atomic mass is 9.83. The van der Waals surface area contributed by atoms with E-state index in [0.717, 1.165) is 16.7 Å². The molecule has 0 aliphatic heterocycles. The first-order valence-electron chi connectivity index (χ1n) is 5.77. The predicted octanol–water partition coefficient (Wildman–Crippen LogP) is 2.59. The van der Waals surface area contributed by atoms with Gasteiger partial charge in [0.2, 0.25) is 0 Å². The normalized spacial score (nSPS) is 13.9. The van der Waals surface area contributed by atoms with Crippen molar-refractivity contribution in [2.45, 2.75) is 46.1 Å². The average Bonchev–Trinajstić information content (AvgIpc) is 2.14. The fraction of sp³-hybridized carbons (Fsp3) is 0.571. The van der Waals surface area contributed by atoms with Crippen molar-refractivity contribution in [2.75, 3.05) is 6.54 Å². The number of rotatable bonds is 2. The van der Waals surface area contributed by atoms with Gasteiger partial charge >= 0.3 is 0 Å². The van der Waals surface area contributed by atoms with Crippen molar-refractivity contribution in [3.05, 3.63) is 34.4 Å². The fourth-order valence-corrected chi connectivity index (χ4v) is 2.05. The molecule has 0 heterocycles. The third-order valence-electron chi connectivity index (χ3n) is 3.02. The molecular weight excluding hydrogens is 198 g/mol. The molecule has 0 aliphatic carbocycles. The molecule has 2 heteroatoms. The topological polar surface area (TPSA) is 46.2 Å². The van der Waals surface area contributed by atoms with Crippen molar-refractivity contribution in [3.63, 3.8) is 0 Å². The van der Waals surface area contributed by atoms with E-state index >= 15 is 0 Å². The highest BCUT2D eigenvalue weighted by molar-refractivity contribution is 5.41. The third kappa shape index (κ3) is 2.63. The second-order valence-corrected chi connectivity index (χ2v) is 5.53. The summed E-state index contributed by atoms with van der Waals surface area (Å²) in [7, 11) is 0. The smallest absolute Gasteiger partial charge is 0.0917 e. The Morgan fingerprint density at radius 2 is 1.62 bits per heavy atom. The molecule has 1 rings (SSSR count). The van der Waals surface area contributed by atoms with Crippen LogP contribution >= 0.6 is 0 Å². The molecule has 0 bridgehead atoms. The van der Waals surface area contributed by atoms with Gasteiger partial charge < -0.3 is 10.8 Å². The quantitative estimate of drug-likeness (QED) is 0.806. The molecule has 0 aromatic heterocycles. The molecule has 0 radical (unpaired) electrons. The van der Waals surface area contributed by atoms with E-state index < -0.39 is 6.10 Å². The molecule has 0 saturated carbocycles. The van der Waals surface area contributed by atoms with Gasteiger partial charge in [0.1, 0.15) is 0 Å². The fourth-order valence-electron chi connectivity index (χ4n) is 2.05. The van der Waals surface area contributed by atoms with Crippen LogP contribution in [0.4, 0.5) is 0 Å². The summed E-state index contributed by atoms with van der Waals surface area (Å²) in [4.78, 5) is 0. The highest BCUT2D eigenvalue weighted by Gasteiger charge is 2.18. The van der Waals surface area contributed by atoms with E-state index in [4.69, 9.17) is 5.73 Å². The van der Waals surface area contributed by atoms with Gasteiger partial charge in [0.25, 0.3) is 0 Å². The summed E-state index contributed by atoms with van der Waals surface area (Å²) in [6.07, 6.45) is -0.547. The van der Waals surface area contributed by atoms with E-state index in [0.29, 0.717) is 0 Å². The van der Waals surface area contributed by atoms with Gasteiger partial charge in [-0.1, -0.05) is 32.9 Å². The second kappa shape index (κ2) is 4.56. The van der Waals surface area contributed by atoms with E-state index in [1.165, 1.54) is 5.56 Å². The van der Waals surface area contributed by atoms with Crippen molar-refractivity contribution in [1.82, 2.24) is 0 Å². The summed E-state index contributed by atoms with van der Waals surface area (Å²) >= 11 is 0. The molecule has 2 nitrogen and oxygen atoms in total. The van der Waals surface area contributed by atoms with Crippen LogP contribution in [-0.4, -0.2) is 11.7 Å². The van der Waals surface area contributed by atoms with Crippen molar-refractivity contribution < 1.29 is 5.11 Å². The van der Waals surface area contributed by atoms with Gasteiger partial charge in [0, 0.05) is 6.54 Å². The first-order valence-corrected chi connectivity index (χ1v) is 5.77. The Morgan fingerprint density at radius 3 is 1.94 bits per heavy atom. The molecule has 1 aromatic carbocycles. The van der Waals surface area contributed by atoms with Crippen molar-refractivity contribution in [1.29, 1.82) is 0 Å². The number of hydrogen-bond acceptors (Lipinski definition) is 2. The largest absolute Gasteiger partial charge is 0.387 e. The predicted molar refractivity (Wildman–Crippen MR) is 68.6 cm³/mol. The Labute approximate surface area is 98.5 Å². The van der Waals surface area contributed by atoms with E-state index in [1.54, 1.807) is 0 Å². The molecule has 1 unspecified atom stereocenters. The molecule has 0 amide bonds. The van der Waals surface area contributed by atoms with E-state index in [1.807, 2.05) is 13.8 Å². The van der Waals surface area contributed by atoms with Gasteiger partial charge in [-0.15, -0.1) is 0 Å². The highest BCUT2D eigenvalue weighted by atomic mass is 16.3. The van der Waals surface area contributed by atoms with E-state index in [2.05, 4.69) is 32.9 Å². The maximum atomic E-state index is 9.86. The minimum Gasteiger partial charge on any atom is -0.387 e. The van der Waals surface area contributed by atoms with Gasteiger partial charge in [-0.25, -0.2) is 0 Å². The van der Waals surface area contributed by atoms with Crippen molar-refractivity contribution >= 4 is 0 Å². The zero-order valence-corrected chi connectivity index (χ0v) is 11.0. The summed E-state index contributed by atoms with van der Waals surface area (Å²) in [5, 5.41) is 9.86. The first kappa shape index (κ1) is 13.2. The van der Waals surface area contributed by atoms with Crippen LogP contribution in [-0.2, 0) is 5.41 Å². The average molecular weight is 221 g/mol. The number of benzene rings is 1. The molecule has 1 atom stereocenters. The zero-order chi connectivity index (χ0) is 12.5. The molecule has 16 heavy (non-hydrogen) atoms. The van der Waals surface area contributed by atoms with Crippen LogP contribution in [0.1, 0.15) is 49.1 Å². The minimum absolute atomic E-state index is 0.141. The summed E-state index contributed by atoms with van der Waals surface area (Å²) in [5.41, 5.74) is 10.2. The maximum absolute atomic E-state index is 9.86. The molecule has 0 saturated heterocycles. The number of hydrogen-bond donors (Lipinski definition) is 2. The first-order chi connectivity index (χ1) is 7.27. The Bertz CT molecular complexity index is 354. The van der Waals surface area contributed by atoms with Crippen molar-refractivity contribution in [2.24, 2.45) is 5.73 Å². The van der Waals surface area contributed by atoms with Crippen LogP contribution in [0.3, 0.4) is 0 Å². The number of nitrogens with two attached hydrogens (primary N) is 1. The van der Waals surface area contributed by atoms with Crippen molar-refractivity contribution in [3.8, 4) is 0 Å². The second-order valence-electron chi connectivity index (χ2n) is 5.53. The zero-order valence-electron chi connectivity index (χ0n) is 11.0. The van der Waals surface area contributed by atoms with Gasteiger partial charge in [0.15, 0.2) is 0 Å². The standard InChI is InChI=1S/C14H23NO/c1-9-6-11(14(3,4)5)7-10(2)13(9)12(16)8-15/h6-7,12,16H,8,15H2,1-5H3. The summed E-state index contributed by atoms with van der Waals surface area (Å²) in [6, 6.07) is 4.31. The molecule has 0 spiro atoms. The van der Waals surface area contributed by atoms with Crippen LogP contribution in [0.25, 0.3) is 0 Å². The highest BCUT2D eigenvalue weighted by Crippen LogP contribution is 2.29. The number of aliphatic hydroxyl groups is 1. The SMILES string of the molecule is Cc1cc(C(C)(C)C)cc(C)c1C(O)CN. The molecule has 0 aliphatic rings. The third-order valence-corrected chi connectivity index (χ3v) is 3.02. The van der Waals surface area contributed by atoms with Crippen LogP contribution in [0.15, 0.2) is 12.1 Å². The van der Waals surface area contributed by atoms with Crippen LogP contribution in [0, 0.1) is 13.8 Å². The van der Waals surface area contributed by atoms with Crippen LogP contribution in [0.5, 0.6) is 0 Å². The van der Waals surface area contributed by atoms with Crippen LogP contribution in [0.2, 0.25) is 0 Å². The lowest BCUT2D eigenvalue weighted by Crippen LogP contribution is -2.17. The lowest BCUT2D eigenvalue weighted by molar-refractivity contribution is 0.185. The number of aryl methyl sites for hydroxylation is 2. The monoisotopic (exact) mass is 221 g/mol. The molecule has 90 valence electrons.